The number of aromatic nitrogens is 2. The van der Waals surface area contributed by atoms with Crippen LogP contribution in [-0.2, 0) is 9.53 Å². The lowest BCUT2D eigenvalue weighted by Crippen LogP contribution is -2.22. The van der Waals surface area contributed by atoms with Gasteiger partial charge in [0.15, 0.2) is 6.61 Å². The Morgan fingerprint density at radius 1 is 1.48 bits per heavy atom. The van der Waals surface area contributed by atoms with Gasteiger partial charge in [0, 0.05) is 16.8 Å². The predicted molar refractivity (Wildman–Crippen MR) is 86.6 cm³/mol. The summed E-state index contributed by atoms with van der Waals surface area (Å²) in [5.41, 5.74) is 8.30. The molecule has 0 saturated carbocycles. The van der Waals surface area contributed by atoms with Crippen molar-refractivity contribution in [2.24, 2.45) is 5.73 Å². The molecular weight excluding hydrogens is 324 g/mol. The van der Waals surface area contributed by atoms with Crippen LogP contribution >= 0.6 is 0 Å². The van der Waals surface area contributed by atoms with Gasteiger partial charge in [0.25, 0.3) is 0 Å². The molecule has 0 spiro atoms. The zero-order chi connectivity index (χ0) is 18.0. The van der Waals surface area contributed by atoms with Gasteiger partial charge < -0.3 is 19.9 Å². The Morgan fingerprint density at radius 2 is 2.24 bits per heavy atom. The van der Waals surface area contributed by atoms with Gasteiger partial charge in [-0.1, -0.05) is 18.2 Å². The summed E-state index contributed by atoms with van der Waals surface area (Å²) in [5, 5.41) is 16.5. The fourth-order valence-corrected chi connectivity index (χ4v) is 2.76. The second kappa shape index (κ2) is 6.57. The monoisotopic (exact) mass is 340 g/mol. The number of carbonyl (C=O) groups is 1. The molecule has 0 bridgehead atoms. The molecule has 1 aromatic carbocycles. The van der Waals surface area contributed by atoms with E-state index >= 15 is 0 Å². The first kappa shape index (κ1) is 16.4. The van der Waals surface area contributed by atoms with Crippen LogP contribution in [0.25, 0.3) is 0 Å². The summed E-state index contributed by atoms with van der Waals surface area (Å²) in [7, 11) is 1.29. The number of nitrogens with two attached hydrogens (primary N) is 1. The van der Waals surface area contributed by atoms with Crippen LogP contribution in [0.15, 0.2) is 35.7 Å². The van der Waals surface area contributed by atoms with Crippen LogP contribution in [0.3, 0.4) is 0 Å². The number of H-pyrrole nitrogens is 1. The van der Waals surface area contributed by atoms with E-state index in [0.29, 0.717) is 22.8 Å². The third-order valence-electron chi connectivity index (χ3n) is 3.93. The number of nitrogens with zero attached hydrogens (tertiary/aromatic N) is 2. The van der Waals surface area contributed by atoms with Crippen LogP contribution in [-0.4, -0.2) is 29.9 Å². The zero-order valence-corrected chi connectivity index (χ0v) is 13.7. The zero-order valence-electron chi connectivity index (χ0n) is 13.7. The van der Waals surface area contributed by atoms with Gasteiger partial charge in [0.2, 0.25) is 11.8 Å². The number of nitriles is 1. The van der Waals surface area contributed by atoms with Crippen molar-refractivity contribution < 1.29 is 19.0 Å². The van der Waals surface area contributed by atoms with Crippen molar-refractivity contribution in [3.05, 3.63) is 52.5 Å². The minimum Gasteiger partial charge on any atom is -0.482 e. The molecule has 0 aliphatic carbocycles. The van der Waals surface area contributed by atoms with Crippen LogP contribution in [0.4, 0.5) is 0 Å². The Morgan fingerprint density at radius 3 is 2.96 bits per heavy atom. The normalized spacial score (nSPS) is 15.8. The molecule has 2 heterocycles. The molecule has 1 unspecified atom stereocenters. The highest BCUT2D eigenvalue weighted by Crippen LogP contribution is 2.45. The summed E-state index contributed by atoms with van der Waals surface area (Å²) in [6.45, 7) is 1.59. The molecule has 3 rings (SSSR count). The van der Waals surface area contributed by atoms with Crippen molar-refractivity contribution in [1.29, 1.82) is 5.26 Å². The highest BCUT2D eigenvalue weighted by Gasteiger charge is 2.35. The third kappa shape index (κ3) is 2.87. The number of carbonyl (C=O) groups excluding carboxylic acids is 1. The van der Waals surface area contributed by atoms with E-state index in [1.807, 2.05) is 19.1 Å². The predicted octanol–water partition coefficient (Wildman–Crippen LogP) is 1.49. The Bertz CT molecular complexity index is 894. The van der Waals surface area contributed by atoms with Crippen LogP contribution in [0.2, 0.25) is 0 Å². The SMILES string of the molecule is COC(=O)COc1ccccc1C1C(C#N)=C(N)Oc2n[nH]c(C)c21. The highest BCUT2D eigenvalue weighted by molar-refractivity contribution is 5.71. The number of ether oxygens (including phenoxy) is 3. The number of esters is 1. The van der Waals surface area contributed by atoms with E-state index in [2.05, 4.69) is 21.0 Å². The molecule has 0 saturated heterocycles. The summed E-state index contributed by atoms with van der Waals surface area (Å²) in [6, 6.07) is 9.22. The molecule has 1 aromatic heterocycles. The van der Waals surface area contributed by atoms with Crippen molar-refractivity contribution in [2.75, 3.05) is 13.7 Å². The van der Waals surface area contributed by atoms with E-state index in [9.17, 15) is 10.1 Å². The van der Waals surface area contributed by atoms with Gasteiger partial charge in [-0.15, -0.1) is 5.10 Å². The van der Waals surface area contributed by atoms with Crippen LogP contribution < -0.4 is 15.2 Å². The summed E-state index contributed by atoms with van der Waals surface area (Å²) < 4.78 is 15.6. The van der Waals surface area contributed by atoms with E-state index < -0.39 is 11.9 Å². The lowest BCUT2D eigenvalue weighted by Gasteiger charge is -2.25. The van der Waals surface area contributed by atoms with Gasteiger partial charge in [-0.2, -0.15) is 5.26 Å². The second-order valence-corrected chi connectivity index (χ2v) is 5.39. The molecule has 25 heavy (non-hydrogen) atoms. The number of nitrogens with one attached hydrogen (secondary N) is 1. The summed E-state index contributed by atoms with van der Waals surface area (Å²) in [6.07, 6.45) is 0. The van der Waals surface area contributed by atoms with Crippen LogP contribution in [0.5, 0.6) is 11.6 Å². The van der Waals surface area contributed by atoms with E-state index in [0.717, 1.165) is 5.69 Å². The fraction of sp³-hybridized carbons (Fsp3) is 0.235. The molecule has 1 atom stereocenters. The number of methoxy groups -OCH3 is 1. The average molecular weight is 340 g/mol. The number of aromatic amines is 1. The smallest absolute Gasteiger partial charge is 0.343 e. The van der Waals surface area contributed by atoms with Crippen molar-refractivity contribution >= 4 is 5.97 Å². The van der Waals surface area contributed by atoms with Gasteiger partial charge in [0.1, 0.15) is 17.4 Å². The van der Waals surface area contributed by atoms with Crippen molar-refractivity contribution in [1.82, 2.24) is 10.2 Å². The molecule has 3 N–H and O–H groups in total. The van der Waals surface area contributed by atoms with Gasteiger partial charge >= 0.3 is 5.97 Å². The second-order valence-electron chi connectivity index (χ2n) is 5.39. The molecule has 2 aromatic rings. The largest absolute Gasteiger partial charge is 0.482 e. The first-order valence-electron chi connectivity index (χ1n) is 7.47. The number of para-hydroxylation sites is 1. The van der Waals surface area contributed by atoms with Gasteiger partial charge in [-0.3, -0.25) is 5.10 Å². The Labute approximate surface area is 143 Å². The Kier molecular flexibility index (Phi) is 4.31. The summed E-state index contributed by atoms with van der Waals surface area (Å²) in [4.78, 5) is 11.4. The third-order valence-corrected chi connectivity index (χ3v) is 3.93. The average Bonchev–Trinajstić information content (AvgIpc) is 2.99. The summed E-state index contributed by atoms with van der Waals surface area (Å²) >= 11 is 0. The molecule has 8 nitrogen and oxygen atoms in total. The Hall–Kier alpha value is -3.47. The van der Waals surface area contributed by atoms with Crippen LogP contribution in [0, 0.1) is 18.3 Å². The molecule has 8 heteroatoms. The number of benzene rings is 1. The number of hydrogen-bond donors (Lipinski definition) is 2. The molecule has 128 valence electrons. The molecule has 0 radical (unpaired) electrons. The maximum atomic E-state index is 11.4. The highest BCUT2D eigenvalue weighted by atomic mass is 16.6. The number of rotatable bonds is 4. The fourth-order valence-electron chi connectivity index (χ4n) is 2.76. The Balaban J connectivity index is 2.10. The van der Waals surface area contributed by atoms with Gasteiger partial charge in [-0.05, 0) is 13.0 Å². The quantitative estimate of drug-likeness (QED) is 0.808. The number of aryl methyl sites for hydroxylation is 1. The first-order chi connectivity index (χ1) is 12.1. The van der Waals surface area contributed by atoms with Crippen molar-refractivity contribution in [2.45, 2.75) is 12.8 Å². The molecule has 1 aliphatic rings. The topological polar surface area (TPSA) is 123 Å². The maximum Gasteiger partial charge on any atom is 0.343 e. The number of hydrogen-bond acceptors (Lipinski definition) is 7. The number of allylic oxidation sites excluding steroid dienone is 1. The van der Waals surface area contributed by atoms with E-state index in [1.54, 1.807) is 12.1 Å². The molecule has 0 fully saturated rings. The lowest BCUT2D eigenvalue weighted by atomic mass is 9.83. The van der Waals surface area contributed by atoms with Crippen LogP contribution in [0.1, 0.15) is 22.7 Å². The first-order valence-corrected chi connectivity index (χ1v) is 7.47. The van der Waals surface area contributed by atoms with Crippen molar-refractivity contribution in [3.8, 4) is 17.7 Å². The molecule has 1 aliphatic heterocycles. The lowest BCUT2D eigenvalue weighted by molar-refractivity contribution is -0.142. The van der Waals surface area contributed by atoms with Gasteiger partial charge in [-0.25, -0.2) is 4.79 Å². The van der Waals surface area contributed by atoms with Gasteiger partial charge in [0.05, 0.1) is 13.0 Å². The van der Waals surface area contributed by atoms with E-state index in [-0.39, 0.29) is 18.1 Å². The minimum absolute atomic E-state index is 0.00530. The maximum absolute atomic E-state index is 11.4. The summed E-state index contributed by atoms with van der Waals surface area (Å²) in [5.74, 6) is -0.248. The van der Waals surface area contributed by atoms with E-state index in [4.69, 9.17) is 15.2 Å². The molecule has 0 amide bonds. The minimum atomic E-state index is -0.513. The van der Waals surface area contributed by atoms with Crippen molar-refractivity contribution in [3.63, 3.8) is 0 Å². The molecular formula is C17H16N4O4. The van der Waals surface area contributed by atoms with E-state index in [1.165, 1.54) is 7.11 Å². The standard InChI is InChI=1S/C17H16N4O4/c1-9-14-15(11(7-18)16(19)25-17(14)21-20-9)10-5-3-4-6-12(10)24-8-13(22)23-2/h3-6,15H,8,19H2,1-2H3,(H,20,21). The number of fused-ring (bicyclic) bond motifs is 1.